The molecule has 0 bridgehead atoms. The molecule has 2 aromatic carbocycles. The Morgan fingerprint density at radius 2 is 1.32 bits per heavy atom. The summed E-state index contributed by atoms with van der Waals surface area (Å²) in [6.07, 6.45) is 3.12. The smallest absolute Gasteiger partial charge is 0.338 e. The predicted octanol–water partition coefficient (Wildman–Crippen LogP) is 6.39. The molecule has 0 heterocycles. The molecular weight excluding hydrogens is 392 g/mol. The molecule has 0 amide bonds. The van der Waals surface area contributed by atoms with E-state index in [1.807, 2.05) is 32.9 Å². The Morgan fingerprint density at radius 3 is 1.68 bits per heavy atom. The average molecular weight is 433 g/mol. The maximum Gasteiger partial charge on any atom is 0.338 e. The van der Waals surface area contributed by atoms with E-state index in [1.165, 1.54) is 11.1 Å². The van der Waals surface area contributed by atoms with Crippen LogP contribution in [0, 0.1) is 20.8 Å². The van der Waals surface area contributed by atoms with Gasteiger partial charge in [-0.05, 0) is 39.3 Å². The molecule has 1 atom stereocenters. The van der Waals surface area contributed by atoms with Gasteiger partial charge in [0.25, 0.3) is 6.47 Å². The number of esters is 1. The number of unbranched alkanes of at least 4 members (excludes halogenated alkanes) is 1. The summed E-state index contributed by atoms with van der Waals surface area (Å²) in [6.45, 7) is 12.4. The largest absolute Gasteiger partial charge is 0.483 e. The number of hydrogen-bond donors (Lipinski definition) is 1. The van der Waals surface area contributed by atoms with Crippen LogP contribution in [0.2, 0.25) is 0 Å². The molecule has 2 rings (SSSR count). The summed E-state index contributed by atoms with van der Waals surface area (Å²) in [5, 5.41) is 6.89. The molecule has 0 aliphatic carbocycles. The molecule has 1 unspecified atom stereocenters. The molecule has 0 aromatic heterocycles. The first kappa shape index (κ1) is 30.5. The Kier molecular flexibility index (Phi) is 20.3. The average Bonchev–Trinajstić information content (AvgIpc) is 2.78. The molecule has 0 spiro atoms. The minimum absolute atomic E-state index is 0.000603. The van der Waals surface area contributed by atoms with E-state index in [9.17, 15) is 4.79 Å². The van der Waals surface area contributed by atoms with Crippen molar-refractivity contribution in [3.05, 3.63) is 70.8 Å². The molecule has 2 aromatic rings. The molecule has 31 heavy (non-hydrogen) atoms. The number of carbonyl (C=O) groups excluding carboxylic acids is 1. The molecule has 0 fully saturated rings. The zero-order valence-corrected chi connectivity index (χ0v) is 20.2. The highest BCUT2D eigenvalue weighted by Gasteiger charge is 2.12. The lowest BCUT2D eigenvalue weighted by atomic mass is 10.1. The van der Waals surface area contributed by atoms with E-state index >= 15 is 0 Å². The summed E-state index contributed by atoms with van der Waals surface area (Å²) in [5.41, 5.74) is 4.38. The quantitative estimate of drug-likeness (QED) is 0.405. The second-order valence-corrected chi connectivity index (χ2v) is 6.72. The molecule has 0 saturated carbocycles. The van der Waals surface area contributed by atoms with E-state index < -0.39 is 0 Å². The normalized spacial score (nSPS) is 10.0. The molecular formula is C26H40O5. The Hall–Kier alpha value is -2.66. The van der Waals surface area contributed by atoms with Crippen molar-refractivity contribution in [3.63, 3.8) is 0 Å². The van der Waals surface area contributed by atoms with Gasteiger partial charge in [0, 0.05) is 7.11 Å². The van der Waals surface area contributed by atoms with Crippen LogP contribution in [0.5, 0.6) is 0 Å². The first-order valence-electron chi connectivity index (χ1n) is 10.8. The van der Waals surface area contributed by atoms with Gasteiger partial charge in [-0.2, -0.15) is 0 Å². The van der Waals surface area contributed by atoms with Crippen molar-refractivity contribution in [3.8, 4) is 0 Å². The number of methoxy groups -OCH3 is 1. The fourth-order valence-electron chi connectivity index (χ4n) is 2.28. The minimum atomic E-state index is -0.284. The molecule has 0 aliphatic heterocycles. The molecule has 0 radical (unpaired) electrons. The molecule has 5 heteroatoms. The maximum atomic E-state index is 11.8. The summed E-state index contributed by atoms with van der Waals surface area (Å²) in [7, 11) is 1.65. The highest BCUT2D eigenvalue weighted by molar-refractivity contribution is 5.89. The molecule has 0 saturated heterocycles. The Morgan fingerprint density at radius 1 is 0.935 bits per heavy atom. The molecule has 174 valence electrons. The van der Waals surface area contributed by atoms with Gasteiger partial charge in [-0.25, -0.2) is 4.79 Å². The zero-order valence-electron chi connectivity index (χ0n) is 20.2. The number of aryl methyl sites for hydroxylation is 3. The fraction of sp³-hybridized carbons (Fsp3) is 0.462. The summed E-state index contributed by atoms with van der Waals surface area (Å²) in [5.74, 6) is -0.284. The van der Waals surface area contributed by atoms with Crippen LogP contribution < -0.4 is 0 Å². The summed E-state index contributed by atoms with van der Waals surface area (Å²) < 4.78 is 10.5. The van der Waals surface area contributed by atoms with Crippen molar-refractivity contribution < 1.29 is 24.2 Å². The highest BCUT2D eigenvalue weighted by atomic mass is 16.6. The lowest BCUT2D eigenvalue weighted by Crippen LogP contribution is -2.21. The summed E-state index contributed by atoms with van der Waals surface area (Å²) in [4.78, 5) is 20.1. The van der Waals surface area contributed by atoms with Crippen LogP contribution in [0.25, 0.3) is 0 Å². The summed E-state index contributed by atoms with van der Waals surface area (Å²) in [6, 6.07) is 15.9. The van der Waals surface area contributed by atoms with Crippen molar-refractivity contribution in [2.45, 2.75) is 66.9 Å². The van der Waals surface area contributed by atoms with Crippen LogP contribution >= 0.6 is 0 Å². The number of hydrogen-bond acceptors (Lipinski definition) is 4. The standard InChI is InChI=1S/C15H22O3.C8H10.C2H6.CH2O2/c1-4-5-6-14(17-3)11-18-15(16)13-9-7-12(2)8-10-13;1-7-3-5-8(2)6-4-7;1-2;2-1-3/h7-10,14H,4-6,11H2,1-3H3;3-6H,1-2H3;1-2H3;1H,(H,2,3). The number of ether oxygens (including phenoxy) is 2. The molecule has 0 aliphatic rings. The van der Waals surface area contributed by atoms with Gasteiger partial charge in [-0.3, -0.25) is 4.79 Å². The second-order valence-electron chi connectivity index (χ2n) is 6.72. The third-order valence-corrected chi connectivity index (χ3v) is 4.12. The first-order chi connectivity index (χ1) is 14.9. The predicted molar refractivity (Wildman–Crippen MR) is 128 cm³/mol. The van der Waals surface area contributed by atoms with Crippen LogP contribution in [-0.2, 0) is 14.3 Å². The van der Waals surface area contributed by atoms with Crippen molar-refractivity contribution in [1.82, 2.24) is 0 Å². The molecule has 1 N–H and O–H groups in total. The van der Waals surface area contributed by atoms with Crippen LogP contribution in [-0.4, -0.2) is 37.4 Å². The third kappa shape index (κ3) is 16.8. The van der Waals surface area contributed by atoms with Gasteiger partial charge in [0.1, 0.15) is 6.61 Å². The van der Waals surface area contributed by atoms with Crippen LogP contribution in [0.3, 0.4) is 0 Å². The first-order valence-corrected chi connectivity index (χ1v) is 10.8. The number of rotatable bonds is 7. The van der Waals surface area contributed by atoms with Crippen LogP contribution in [0.4, 0.5) is 0 Å². The number of carboxylic acid groups (broad SMARTS) is 1. The fourth-order valence-corrected chi connectivity index (χ4v) is 2.28. The lowest BCUT2D eigenvalue weighted by molar-refractivity contribution is -0.122. The second kappa shape index (κ2) is 20.6. The molecule has 5 nitrogen and oxygen atoms in total. The zero-order chi connectivity index (χ0) is 24.1. The highest BCUT2D eigenvalue weighted by Crippen LogP contribution is 2.08. The maximum absolute atomic E-state index is 11.8. The third-order valence-electron chi connectivity index (χ3n) is 4.12. The SMILES string of the molecule is CC.CCCCC(COC(=O)c1ccc(C)cc1)OC.Cc1ccc(C)cc1.O=CO. The van der Waals surface area contributed by atoms with Crippen molar-refractivity contribution in [1.29, 1.82) is 0 Å². The Bertz CT molecular complexity index is 657. The Labute approximate surface area is 188 Å². The van der Waals surface area contributed by atoms with Crippen molar-refractivity contribution in [2.24, 2.45) is 0 Å². The van der Waals surface area contributed by atoms with Gasteiger partial charge >= 0.3 is 5.97 Å². The van der Waals surface area contributed by atoms with Crippen molar-refractivity contribution >= 4 is 12.4 Å². The van der Waals surface area contributed by atoms with E-state index in [4.69, 9.17) is 19.4 Å². The monoisotopic (exact) mass is 432 g/mol. The number of benzene rings is 2. The minimum Gasteiger partial charge on any atom is -0.483 e. The van der Waals surface area contributed by atoms with E-state index in [-0.39, 0.29) is 18.5 Å². The van der Waals surface area contributed by atoms with Gasteiger partial charge in [0.05, 0.1) is 11.7 Å². The van der Waals surface area contributed by atoms with Gasteiger partial charge in [0.15, 0.2) is 0 Å². The number of carbonyl (C=O) groups is 2. The van der Waals surface area contributed by atoms with Gasteiger partial charge in [-0.15, -0.1) is 0 Å². The van der Waals surface area contributed by atoms with E-state index in [0.717, 1.165) is 24.8 Å². The van der Waals surface area contributed by atoms with E-state index in [0.29, 0.717) is 12.2 Å². The van der Waals surface area contributed by atoms with Gasteiger partial charge in [0.2, 0.25) is 0 Å². The van der Waals surface area contributed by atoms with Gasteiger partial charge < -0.3 is 14.6 Å². The van der Waals surface area contributed by atoms with E-state index in [2.05, 4.69) is 45.0 Å². The Balaban J connectivity index is 0. The lowest BCUT2D eigenvalue weighted by Gasteiger charge is -2.15. The van der Waals surface area contributed by atoms with Crippen LogP contribution in [0.1, 0.15) is 67.1 Å². The van der Waals surface area contributed by atoms with Crippen molar-refractivity contribution in [2.75, 3.05) is 13.7 Å². The van der Waals surface area contributed by atoms with Crippen LogP contribution in [0.15, 0.2) is 48.5 Å². The summed E-state index contributed by atoms with van der Waals surface area (Å²) >= 11 is 0. The van der Waals surface area contributed by atoms with E-state index in [1.54, 1.807) is 19.2 Å². The topological polar surface area (TPSA) is 72.8 Å². The van der Waals surface area contributed by atoms with Gasteiger partial charge in [-0.1, -0.05) is 86.7 Å².